The summed E-state index contributed by atoms with van der Waals surface area (Å²) in [5.74, 6) is -1.53. The normalized spacial score (nSPS) is 10.9. The molecule has 7 heteroatoms. The predicted octanol–water partition coefficient (Wildman–Crippen LogP) is 2.98. The van der Waals surface area contributed by atoms with Crippen molar-refractivity contribution in [2.24, 2.45) is 11.5 Å². The van der Waals surface area contributed by atoms with Gasteiger partial charge in [-0.25, -0.2) is 8.78 Å². The Morgan fingerprint density at radius 3 is 2.65 bits per heavy atom. The molecule has 0 bridgehead atoms. The lowest BCUT2D eigenvalue weighted by molar-refractivity contribution is 0.436. The lowest BCUT2D eigenvalue weighted by Gasteiger charge is -2.13. The van der Waals surface area contributed by atoms with E-state index in [0.717, 1.165) is 11.5 Å². The molecule has 1 heterocycles. The number of halogens is 2. The van der Waals surface area contributed by atoms with Crippen LogP contribution in [0.15, 0.2) is 36.5 Å². The molecule has 0 saturated heterocycles. The fourth-order valence-electron chi connectivity index (χ4n) is 2.43. The average Bonchev–Trinajstić information content (AvgIpc) is 2.97. The molecule has 23 heavy (non-hydrogen) atoms. The summed E-state index contributed by atoms with van der Waals surface area (Å²) in [5, 5.41) is 8.09. The highest BCUT2D eigenvalue weighted by atomic mass is 19.1. The number of amidine groups is 1. The summed E-state index contributed by atoms with van der Waals surface area (Å²) in [5.41, 5.74) is 12.0. The number of aromatic amines is 1. The van der Waals surface area contributed by atoms with Crippen LogP contribution in [0.1, 0.15) is 11.1 Å². The van der Waals surface area contributed by atoms with E-state index >= 15 is 0 Å². The van der Waals surface area contributed by atoms with E-state index in [4.69, 9.17) is 21.6 Å². The van der Waals surface area contributed by atoms with Crippen LogP contribution in [0.3, 0.4) is 0 Å². The fourth-order valence-corrected chi connectivity index (χ4v) is 2.43. The number of fused-ring (bicyclic) bond motifs is 1. The van der Waals surface area contributed by atoms with Crippen molar-refractivity contribution >= 4 is 16.7 Å². The van der Waals surface area contributed by atoms with Crippen molar-refractivity contribution in [3.05, 3.63) is 59.3 Å². The Kier molecular flexibility index (Phi) is 3.71. The summed E-state index contributed by atoms with van der Waals surface area (Å²) in [4.78, 5) is 2.91. The molecule has 3 rings (SSSR count). The zero-order valence-electron chi connectivity index (χ0n) is 12.0. The second-order valence-corrected chi connectivity index (χ2v) is 4.97. The molecule has 0 aliphatic rings. The summed E-state index contributed by atoms with van der Waals surface area (Å²) in [6, 6.07) is 6.77. The van der Waals surface area contributed by atoms with Crippen molar-refractivity contribution in [2.45, 2.75) is 6.54 Å². The number of ether oxygens (including phenoxy) is 1. The van der Waals surface area contributed by atoms with E-state index in [0.29, 0.717) is 11.1 Å². The Balaban J connectivity index is 2.09. The van der Waals surface area contributed by atoms with Crippen molar-refractivity contribution in [1.29, 1.82) is 5.41 Å². The van der Waals surface area contributed by atoms with Gasteiger partial charge in [0.25, 0.3) is 0 Å². The molecule has 0 unspecified atom stereocenters. The summed E-state index contributed by atoms with van der Waals surface area (Å²) < 4.78 is 33.5. The maximum Gasteiger partial charge on any atom is 0.168 e. The zero-order chi connectivity index (χ0) is 16.6. The van der Waals surface area contributed by atoms with Crippen LogP contribution in [0.5, 0.6) is 11.5 Å². The molecule has 0 amide bonds. The summed E-state index contributed by atoms with van der Waals surface area (Å²) in [6.07, 6.45) is 1.68. The lowest BCUT2D eigenvalue weighted by atomic mass is 10.1. The van der Waals surface area contributed by atoms with Gasteiger partial charge in [0.2, 0.25) is 0 Å². The van der Waals surface area contributed by atoms with E-state index < -0.39 is 17.5 Å². The second-order valence-electron chi connectivity index (χ2n) is 4.97. The number of nitrogen functional groups attached to an aromatic ring is 1. The van der Waals surface area contributed by atoms with Crippen LogP contribution in [-0.2, 0) is 6.54 Å². The number of nitrogens with two attached hydrogens (primary N) is 2. The molecular formula is C16H14F2N4O. The van der Waals surface area contributed by atoms with E-state index in [2.05, 4.69) is 4.98 Å². The van der Waals surface area contributed by atoms with Gasteiger partial charge in [-0.15, -0.1) is 0 Å². The van der Waals surface area contributed by atoms with Crippen molar-refractivity contribution in [1.82, 2.24) is 4.98 Å². The van der Waals surface area contributed by atoms with Gasteiger partial charge in [-0.3, -0.25) is 5.41 Å². The highest BCUT2D eigenvalue weighted by molar-refractivity contribution is 5.95. The third-order valence-corrected chi connectivity index (χ3v) is 3.52. The van der Waals surface area contributed by atoms with Crippen LogP contribution in [0.4, 0.5) is 8.78 Å². The first-order valence-electron chi connectivity index (χ1n) is 6.81. The standard InChI is InChI=1S/C16H14F2N4O/c17-12-2-1-8(5-10(12)16(20)21)23-15-11(7-19)9-3-4-22-14(9)6-13(15)18/h1-6,22H,7,19H2,(H3,20,21). The minimum atomic E-state index is -0.648. The van der Waals surface area contributed by atoms with E-state index in [1.54, 1.807) is 12.3 Å². The number of hydrogen-bond acceptors (Lipinski definition) is 3. The van der Waals surface area contributed by atoms with Gasteiger partial charge in [-0.2, -0.15) is 0 Å². The van der Waals surface area contributed by atoms with E-state index in [-0.39, 0.29) is 23.6 Å². The third-order valence-electron chi connectivity index (χ3n) is 3.52. The molecule has 0 saturated carbocycles. The quantitative estimate of drug-likeness (QED) is 0.439. The SMILES string of the molecule is N=C(N)c1cc(Oc2c(F)cc3[nH]ccc3c2CN)ccc1F. The number of H-pyrrole nitrogens is 1. The third kappa shape index (κ3) is 2.62. The predicted molar refractivity (Wildman–Crippen MR) is 83.6 cm³/mol. The van der Waals surface area contributed by atoms with E-state index in [1.165, 1.54) is 18.2 Å². The van der Waals surface area contributed by atoms with Crippen LogP contribution in [-0.4, -0.2) is 10.8 Å². The molecular weight excluding hydrogens is 302 g/mol. The van der Waals surface area contributed by atoms with E-state index in [1.807, 2.05) is 0 Å². The number of benzene rings is 2. The summed E-state index contributed by atoms with van der Waals surface area (Å²) in [6.45, 7) is 0.0716. The molecule has 118 valence electrons. The second kappa shape index (κ2) is 5.69. The van der Waals surface area contributed by atoms with Crippen LogP contribution < -0.4 is 16.2 Å². The Bertz CT molecular complexity index is 904. The van der Waals surface area contributed by atoms with Gasteiger partial charge in [0.05, 0.1) is 5.56 Å². The smallest absolute Gasteiger partial charge is 0.168 e. The number of aromatic nitrogens is 1. The zero-order valence-corrected chi connectivity index (χ0v) is 12.0. The van der Waals surface area contributed by atoms with E-state index in [9.17, 15) is 8.78 Å². The molecule has 0 aliphatic carbocycles. The van der Waals surface area contributed by atoms with Crippen LogP contribution in [0.2, 0.25) is 0 Å². The van der Waals surface area contributed by atoms with Gasteiger partial charge in [-0.05, 0) is 24.3 Å². The maximum atomic E-state index is 14.3. The first-order valence-corrected chi connectivity index (χ1v) is 6.81. The van der Waals surface area contributed by atoms with Crippen LogP contribution >= 0.6 is 0 Å². The summed E-state index contributed by atoms with van der Waals surface area (Å²) in [7, 11) is 0. The molecule has 3 aromatic rings. The first-order chi connectivity index (χ1) is 11.0. The lowest BCUT2D eigenvalue weighted by Crippen LogP contribution is -2.13. The first kappa shape index (κ1) is 15.0. The number of hydrogen-bond donors (Lipinski definition) is 4. The van der Waals surface area contributed by atoms with Crippen molar-refractivity contribution in [3.63, 3.8) is 0 Å². The Hall–Kier alpha value is -2.93. The van der Waals surface area contributed by atoms with Crippen molar-refractivity contribution < 1.29 is 13.5 Å². The number of nitrogens with one attached hydrogen (secondary N) is 2. The Morgan fingerprint density at radius 1 is 1.17 bits per heavy atom. The largest absolute Gasteiger partial charge is 0.454 e. The minimum Gasteiger partial charge on any atom is -0.454 e. The fraction of sp³-hybridized carbons (Fsp3) is 0.0625. The topological polar surface area (TPSA) is 101 Å². The van der Waals surface area contributed by atoms with Gasteiger partial charge in [0.1, 0.15) is 17.4 Å². The Labute approximate surface area is 130 Å². The molecule has 6 N–H and O–H groups in total. The molecule has 2 aromatic carbocycles. The van der Waals surface area contributed by atoms with Gasteiger partial charge >= 0.3 is 0 Å². The molecule has 0 atom stereocenters. The maximum absolute atomic E-state index is 14.3. The molecule has 0 aliphatic heterocycles. The van der Waals surface area contributed by atoms with Crippen molar-refractivity contribution in [3.8, 4) is 11.5 Å². The Morgan fingerprint density at radius 2 is 1.96 bits per heavy atom. The molecule has 0 radical (unpaired) electrons. The number of rotatable bonds is 4. The van der Waals surface area contributed by atoms with Crippen LogP contribution in [0, 0.1) is 17.0 Å². The molecule has 0 fully saturated rings. The van der Waals surface area contributed by atoms with Gasteiger partial charge in [0.15, 0.2) is 11.6 Å². The average molecular weight is 316 g/mol. The van der Waals surface area contributed by atoms with Gasteiger partial charge in [0, 0.05) is 35.3 Å². The van der Waals surface area contributed by atoms with Gasteiger partial charge < -0.3 is 21.2 Å². The monoisotopic (exact) mass is 316 g/mol. The minimum absolute atomic E-state index is 0.0271. The molecule has 5 nitrogen and oxygen atoms in total. The van der Waals surface area contributed by atoms with Gasteiger partial charge in [-0.1, -0.05) is 0 Å². The molecule has 1 aromatic heterocycles. The van der Waals surface area contributed by atoms with Crippen molar-refractivity contribution in [2.75, 3.05) is 0 Å². The molecule has 0 spiro atoms. The highest BCUT2D eigenvalue weighted by Gasteiger charge is 2.16. The summed E-state index contributed by atoms with van der Waals surface area (Å²) >= 11 is 0. The highest BCUT2D eigenvalue weighted by Crippen LogP contribution is 2.34. The van der Waals surface area contributed by atoms with Crippen LogP contribution in [0.25, 0.3) is 10.9 Å².